The van der Waals surface area contributed by atoms with Crippen molar-refractivity contribution in [2.75, 3.05) is 0 Å². The number of esters is 2. The van der Waals surface area contributed by atoms with Gasteiger partial charge in [-0.25, -0.2) is 19.2 Å². The molecule has 0 aromatic heterocycles. The number of rotatable bonds is 4. The smallest absolute Gasteiger partial charge is 0.338 e. The van der Waals surface area contributed by atoms with Crippen molar-refractivity contribution in [2.45, 2.75) is 0 Å². The van der Waals surface area contributed by atoms with E-state index in [9.17, 15) is 19.2 Å². The number of carbonyl (C=O) groups excluding carboxylic acids is 2. The molecule has 0 radical (unpaired) electrons. The molecule has 0 unspecified atom stereocenters. The Labute approximate surface area is 96.3 Å². The maximum Gasteiger partial charge on any atom is 0.338 e. The lowest BCUT2D eigenvalue weighted by molar-refractivity contribution is -0.152. The van der Waals surface area contributed by atoms with Crippen LogP contribution < -0.4 is 0 Å². The van der Waals surface area contributed by atoms with Crippen LogP contribution in [0.3, 0.4) is 0 Å². The molecule has 0 saturated carbocycles. The third kappa shape index (κ3) is 16.0. The van der Waals surface area contributed by atoms with E-state index < -0.39 is 23.9 Å². The zero-order valence-electron chi connectivity index (χ0n) is 8.66. The summed E-state index contributed by atoms with van der Waals surface area (Å²) in [6, 6.07) is 0. The van der Waals surface area contributed by atoms with Crippen LogP contribution in [0, 0.1) is 0 Å². The second-order valence-corrected chi connectivity index (χ2v) is 2.16. The Bertz CT molecular complexity index is 331. The molecule has 0 rings (SSSR count). The van der Waals surface area contributed by atoms with Crippen molar-refractivity contribution in [1.82, 2.24) is 0 Å². The highest BCUT2D eigenvalue weighted by atomic mass is 16.6. The molecular weight excluding hydrogens is 232 g/mol. The number of hydrogen-bond acceptors (Lipinski definition) is 5. The van der Waals surface area contributed by atoms with Crippen LogP contribution in [-0.4, -0.2) is 34.1 Å². The van der Waals surface area contributed by atoms with E-state index in [0.717, 1.165) is 12.2 Å². The van der Waals surface area contributed by atoms with E-state index in [1.165, 1.54) is 0 Å². The van der Waals surface area contributed by atoms with Crippen molar-refractivity contribution >= 4 is 23.9 Å². The lowest BCUT2D eigenvalue weighted by atomic mass is 10.5. The van der Waals surface area contributed by atoms with Gasteiger partial charge >= 0.3 is 23.9 Å². The van der Waals surface area contributed by atoms with Gasteiger partial charge in [-0.2, -0.15) is 0 Å². The summed E-state index contributed by atoms with van der Waals surface area (Å²) < 4.78 is 4.03. The molecule has 0 fully saturated rings. The first kappa shape index (κ1) is 16.7. The molecule has 0 aliphatic rings. The standard InChI is InChI=1S/C6H6O3.C4H4O4/c1-3-5(7)9-6(8)4-2;5-3(6)1-2-4(7)8/h3-4H,1-2H2;1-2H,(H,5,6)(H,7,8)/b;2-1-. The number of carboxylic acids is 2. The van der Waals surface area contributed by atoms with Gasteiger partial charge in [-0.15, -0.1) is 0 Å². The van der Waals surface area contributed by atoms with Crippen molar-refractivity contribution in [3.05, 3.63) is 37.5 Å². The van der Waals surface area contributed by atoms with E-state index in [2.05, 4.69) is 17.9 Å². The van der Waals surface area contributed by atoms with Gasteiger partial charge in [-0.3, -0.25) is 0 Å². The van der Waals surface area contributed by atoms with Crippen LogP contribution in [0.25, 0.3) is 0 Å². The van der Waals surface area contributed by atoms with E-state index in [1.807, 2.05) is 0 Å². The predicted octanol–water partition coefficient (Wildman–Crippen LogP) is 0.140. The quantitative estimate of drug-likeness (QED) is 0.409. The van der Waals surface area contributed by atoms with Gasteiger partial charge < -0.3 is 14.9 Å². The summed E-state index contributed by atoms with van der Waals surface area (Å²) in [5, 5.41) is 15.6. The van der Waals surface area contributed by atoms with E-state index in [0.29, 0.717) is 12.2 Å². The third-order valence-corrected chi connectivity index (χ3v) is 0.903. The summed E-state index contributed by atoms with van der Waals surface area (Å²) >= 11 is 0. The van der Waals surface area contributed by atoms with Gasteiger partial charge in [0.05, 0.1) is 0 Å². The minimum absolute atomic E-state index is 0.558. The van der Waals surface area contributed by atoms with Gasteiger partial charge in [0.1, 0.15) is 0 Å². The van der Waals surface area contributed by atoms with Gasteiger partial charge in [0.15, 0.2) is 0 Å². The van der Waals surface area contributed by atoms with E-state index in [-0.39, 0.29) is 0 Å². The highest BCUT2D eigenvalue weighted by molar-refractivity contribution is 5.95. The average molecular weight is 242 g/mol. The van der Waals surface area contributed by atoms with Crippen molar-refractivity contribution < 1.29 is 34.1 Å². The molecule has 0 aromatic rings. The lowest BCUT2D eigenvalue weighted by Gasteiger charge is -1.90. The molecule has 0 heterocycles. The van der Waals surface area contributed by atoms with Crippen molar-refractivity contribution in [3.63, 3.8) is 0 Å². The second-order valence-electron chi connectivity index (χ2n) is 2.16. The number of hydrogen-bond donors (Lipinski definition) is 2. The van der Waals surface area contributed by atoms with Gasteiger partial charge in [0, 0.05) is 24.3 Å². The Hall–Kier alpha value is -2.70. The summed E-state index contributed by atoms with van der Waals surface area (Å²) in [6.07, 6.45) is 2.92. The molecule has 0 amide bonds. The summed E-state index contributed by atoms with van der Waals surface area (Å²) in [4.78, 5) is 39.5. The Kier molecular flexibility index (Phi) is 9.68. The molecule has 0 aromatic carbocycles. The van der Waals surface area contributed by atoms with Gasteiger partial charge in [0.25, 0.3) is 0 Å². The van der Waals surface area contributed by atoms with Crippen LogP contribution in [0.5, 0.6) is 0 Å². The molecule has 0 aliphatic heterocycles. The fourth-order valence-corrected chi connectivity index (χ4v) is 0.325. The fourth-order valence-electron chi connectivity index (χ4n) is 0.325. The summed E-state index contributed by atoms with van der Waals surface area (Å²) in [6.45, 7) is 6.17. The van der Waals surface area contributed by atoms with Gasteiger partial charge in [-0.05, 0) is 0 Å². The van der Waals surface area contributed by atoms with Crippen LogP contribution in [0.1, 0.15) is 0 Å². The molecule has 0 saturated heterocycles. The first-order chi connectivity index (χ1) is 7.83. The Balaban J connectivity index is 0. The molecule has 0 aliphatic carbocycles. The zero-order chi connectivity index (χ0) is 13.8. The molecule has 92 valence electrons. The second kappa shape index (κ2) is 9.84. The van der Waals surface area contributed by atoms with E-state index in [4.69, 9.17) is 10.2 Å². The van der Waals surface area contributed by atoms with Crippen molar-refractivity contribution in [1.29, 1.82) is 0 Å². The molecule has 0 spiro atoms. The first-order valence-electron chi connectivity index (χ1n) is 3.98. The minimum Gasteiger partial charge on any atom is -0.478 e. The molecule has 17 heavy (non-hydrogen) atoms. The predicted molar refractivity (Wildman–Crippen MR) is 55.9 cm³/mol. The molecule has 7 heteroatoms. The van der Waals surface area contributed by atoms with Crippen LogP contribution >= 0.6 is 0 Å². The molecule has 0 atom stereocenters. The number of ether oxygens (including phenoxy) is 1. The highest BCUT2D eigenvalue weighted by Crippen LogP contribution is 1.80. The first-order valence-corrected chi connectivity index (χ1v) is 3.98. The number of carbonyl (C=O) groups is 4. The van der Waals surface area contributed by atoms with E-state index >= 15 is 0 Å². The number of carboxylic acid groups (broad SMARTS) is 2. The Morgan fingerprint density at radius 2 is 1.12 bits per heavy atom. The lowest BCUT2D eigenvalue weighted by Crippen LogP contribution is -2.05. The summed E-state index contributed by atoms with van der Waals surface area (Å²) in [7, 11) is 0. The topological polar surface area (TPSA) is 118 Å². The van der Waals surface area contributed by atoms with Crippen LogP contribution in [0.2, 0.25) is 0 Å². The van der Waals surface area contributed by atoms with Crippen LogP contribution in [0.15, 0.2) is 37.5 Å². The summed E-state index contributed by atoms with van der Waals surface area (Å²) in [5.74, 6) is -4.04. The normalized spacial score (nSPS) is 8.47. The van der Waals surface area contributed by atoms with Crippen molar-refractivity contribution in [2.24, 2.45) is 0 Å². The van der Waals surface area contributed by atoms with Gasteiger partial charge in [0.2, 0.25) is 0 Å². The van der Waals surface area contributed by atoms with Crippen molar-refractivity contribution in [3.8, 4) is 0 Å². The highest BCUT2D eigenvalue weighted by Gasteiger charge is 1.99. The summed E-state index contributed by atoms with van der Waals surface area (Å²) in [5.41, 5.74) is 0. The molecule has 0 bridgehead atoms. The Morgan fingerprint density at radius 1 is 0.824 bits per heavy atom. The third-order valence-electron chi connectivity index (χ3n) is 0.903. The number of aliphatic carboxylic acids is 2. The van der Waals surface area contributed by atoms with Gasteiger partial charge in [-0.1, -0.05) is 13.2 Å². The average Bonchev–Trinajstić information content (AvgIpc) is 2.26. The van der Waals surface area contributed by atoms with Crippen LogP contribution in [0.4, 0.5) is 0 Å². The largest absolute Gasteiger partial charge is 0.478 e. The minimum atomic E-state index is -1.26. The molecule has 2 N–H and O–H groups in total. The maximum atomic E-state index is 10.2. The molecular formula is C10H10O7. The maximum absolute atomic E-state index is 10.2. The Morgan fingerprint density at radius 3 is 1.29 bits per heavy atom. The molecule has 7 nitrogen and oxygen atoms in total. The van der Waals surface area contributed by atoms with E-state index in [1.54, 1.807) is 0 Å². The monoisotopic (exact) mass is 242 g/mol. The van der Waals surface area contributed by atoms with Crippen LogP contribution in [-0.2, 0) is 23.9 Å². The zero-order valence-corrected chi connectivity index (χ0v) is 8.66. The SMILES string of the molecule is C=CC(=O)OC(=O)C=C.O=C(O)/C=C\C(=O)O. The fraction of sp³-hybridized carbons (Fsp3) is 0.